The maximum atomic E-state index is 2.77. The summed E-state index contributed by atoms with van der Waals surface area (Å²) in [5, 5.41) is 0. The predicted octanol–water partition coefficient (Wildman–Crippen LogP) is -0.758. The first-order chi connectivity index (χ1) is 1.91. The second-order valence-electron chi connectivity index (χ2n) is 0.250. The van der Waals surface area contributed by atoms with Gasteiger partial charge in [0.15, 0.2) is 0 Å². The first-order valence-corrected chi connectivity index (χ1v) is 3.23. The maximum absolute atomic E-state index is 2.77. The van der Waals surface area contributed by atoms with E-state index in [2.05, 4.69) is 8.69 Å². The average molecular weight is 215 g/mol. The summed E-state index contributed by atoms with van der Waals surface area (Å²) in [7, 11) is 0. The molecule has 6 radical (unpaired) electrons. The molecule has 0 aliphatic heterocycles. The van der Waals surface area contributed by atoms with E-state index in [1.54, 1.807) is 0 Å². The first kappa shape index (κ1) is 4.90. The minimum absolute atomic E-state index is 1.31. The van der Waals surface area contributed by atoms with Crippen LogP contribution < -0.4 is 0 Å². The van der Waals surface area contributed by atoms with Crippen molar-refractivity contribution < 1.29 is 0 Å². The zero-order valence-electron chi connectivity index (χ0n) is 2.00. The monoisotopic (exact) mass is 218 g/mol. The van der Waals surface area contributed by atoms with Gasteiger partial charge in [0.2, 0.25) is 0 Å². The molecule has 4 heavy (non-hydrogen) atoms. The van der Waals surface area contributed by atoms with Gasteiger partial charge in [-0.2, -0.15) is 0 Å². The summed E-state index contributed by atoms with van der Waals surface area (Å²) in [6.07, 6.45) is 0. The fraction of sp³-hybridized carbons (Fsp3) is 0. The zero-order valence-corrected chi connectivity index (χ0v) is 6.95. The Balaban J connectivity index is 2.83. The molecule has 0 aromatic rings. The molecule has 16 valence electrons. The van der Waals surface area contributed by atoms with E-state index in [0.717, 1.165) is 0 Å². The zero-order chi connectivity index (χ0) is 3.41. The Bertz CT molecular complexity index is 42.8. The van der Waals surface area contributed by atoms with Crippen LogP contribution in [0.2, 0.25) is 0 Å². The first-order valence-electron chi connectivity index (χ1n) is 0.750. The van der Waals surface area contributed by atoms with Gasteiger partial charge in [0.1, 0.15) is 0 Å². The third-order valence-corrected chi connectivity index (χ3v) is 2.18. The van der Waals surface area contributed by atoms with E-state index in [1.807, 2.05) is 16.5 Å². The molecule has 0 aromatic carbocycles. The van der Waals surface area contributed by atoms with E-state index in [0.29, 0.717) is 0 Å². The van der Waals surface area contributed by atoms with Crippen molar-refractivity contribution in [1.82, 2.24) is 0 Å². The fourth-order valence-electron chi connectivity index (χ4n) is 0. The summed E-state index contributed by atoms with van der Waals surface area (Å²) in [6.45, 7) is 0. The summed E-state index contributed by atoms with van der Waals surface area (Å²) >= 11 is 3.15. The standard InChI is InChI=1S/C2Ge.Sn/c1-2-3;. The van der Waals surface area contributed by atoms with Crippen LogP contribution in [0.25, 0.3) is 0 Å². The molecular weight excluding hydrogens is 215 g/mol. The SMILES string of the molecule is [Ge][C]#[C][Sn]. The van der Waals surface area contributed by atoms with Gasteiger partial charge in [-0.1, -0.05) is 0 Å². The van der Waals surface area contributed by atoms with Crippen LogP contribution in [0.1, 0.15) is 0 Å². The molecule has 0 rings (SSSR count). The summed E-state index contributed by atoms with van der Waals surface area (Å²) in [5.74, 6) is 0. The summed E-state index contributed by atoms with van der Waals surface area (Å²) in [6, 6.07) is 0. The molecule has 0 aliphatic carbocycles. The van der Waals surface area contributed by atoms with Gasteiger partial charge in [0.25, 0.3) is 0 Å². The second kappa shape index (κ2) is 3.90. The summed E-state index contributed by atoms with van der Waals surface area (Å²) in [4.78, 5) is 0. The van der Waals surface area contributed by atoms with Crippen LogP contribution in [-0.4, -0.2) is 39.0 Å². The van der Waals surface area contributed by atoms with Crippen molar-refractivity contribution in [2.24, 2.45) is 0 Å². The quantitative estimate of drug-likeness (QED) is 0.368. The van der Waals surface area contributed by atoms with Crippen LogP contribution in [-0.2, 0) is 0 Å². The third-order valence-electron chi connectivity index (χ3n) is 0.0625. The van der Waals surface area contributed by atoms with Gasteiger partial charge >= 0.3 is 47.7 Å². The van der Waals surface area contributed by atoms with Gasteiger partial charge in [-0.15, -0.1) is 0 Å². The van der Waals surface area contributed by atoms with Gasteiger partial charge in [-0.05, 0) is 0 Å². The molecule has 0 saturated heterocycles. The third kappa shape index (κ3) is 2.90. The van der Waals surface area contributed by atoms with Crippen LogP contribution in [0.15, 0.2) is 0 Å². The Labute approximate surface area is 47.7 Å². The normalized spacial score (nSPS) is 3.50. The molecule has 0 nitrogen and oxygen atoms in total. The molecule has 0 heterocycles. The van der Waals surface area contributed by atoms with E-state index in [-0.39, 0.29) is 0 Å². The molecule has 2 heteroatoms. The van der Waals surface area contributed by atoms with E-state index < -0.39 is 0 Å². The fourth-order valence-corrected chi connectivity index (χ4v) is 0. The van der Waals surface area contributed by atoms with E-state index in [1.165, 1.54) is 22.5 Å². The van der Waals surface area contributed by atoms with Crippen LogP contribution in [0.5, 0.6) is 0 Å². The van der Waals surface area contributed by atoms with Gasteiger partial charge in [-0.25, -0.2) is 0 Å². The molecule has 0 saturated carbocycles. The van der Waals surface area contributed by atoms with E-state index in [9.17, 15) is 0 Å². The van der Waals surface area contributed by atoms with E-state index in [4.69, 9.17) is 0 Å². The molecule has 0 bridgehead atoms. The van der Waals surface area contributed by atoms with Gasteiger partial charge in [0.05, 0.1) is 0 Å². The number of hydrogen-bond donors (Lipinski definition) is 0. The molecule has 0 fully saturated rings. The van der Waals surface area contributed by atoms with Crippen molar-refractivity contribution >= 4 is 39.0 Å². The summed E-state index contributed by atoms with van der Waals surface area (Å²) in [5.41, 5.74) is 0. The van der Waals surface area contributed by atoms with Crippen LogP contribution in [0, 0.1) is 8.69 Å². The average Bonchev–Trinajstić information content (AvgIpc) is 1.37. The van der Waals surface area contributed by atoms with Crippen LogP contribution in [0.4, 0.5) is 0 Å². The Kier molecular flexibility index (Phi) is 4.78. The second-order valence-corrected chi connectivity index (χ2v) is 1.49. The Hall–Kier alpha value is 0.902. The number of rotatable bonds is 0. The summed E-state index contributed by atoms with van der Waals surface area (Å²) < 4.78 is 5.49. The van der Waals surface area contributed by atoms with Crippen molar-refractivity contribution in [1.29, 1.82) is 0 Å². The molecule has 0 spiro atoms. The Morgan fingerprint density at radius 2 is 2.00 bits per heavy atom. The Morgan fingerprint density at radius 1 is 1.75 bits per heavy atom. The molecular formula is C2GeSn. The van der Waals surface area contributed by atoms with Gasteiger partial charge in [-0.3, -0.25) is 0 Å². The van der Waals surface area contributed by atoms with Crippen molar-refractivity contribution in [3.63, 3.8) is 0 Å². The molecule has 0 unspecified atom stereocenters. The Morgan fingerprint density at radius 3 is 2.00 bits per heavy atom. The van der Waals surface area contributed by atoms with Crippen molar-refractivity contribution in [2.45, 2.75) is 0 Å². The molecule has 0 amide bonds. The van der Waals surface area contributed by atoms with E-state index >= 15 is 0 Å². The molecule has 0 N–H and O–H groups in total. The van der Waals surface area contributed by atoms with Gasteiger partial charge in [0, 0.05) is 0 Å². The van der Waals surface area contributed by atoms with Crippen LogP contribution >= 0.6 is 0 Å². The van der Waals surface area contributed by atoms with Crippen molar-refractivity contribution in [2.75, 3.05) is 0 Å². The predicted molar refractivity (Wildman–Crippen MR) is 19.3 cm³/mol. The molecule has 0 aliphatic rings. The molecule has 0 aromatic heterocycles. The van der Waals surface area contributed by atoms with Crippen LogP contribution in [0.3, 0.4) is 0 Å². The van der Waals surface area contributed by atoms with Gasteiger partial charge < -0.3 is 0 Å². The number of hydrogen-bond acceptors (Lipinski definition) is 0. The van der Waals surface area contributed by atoms with Crippen molar-refractivity contribution in [3.8, 4) is 8.69 Å². The van der Waals surface area contributed by atoms with Crippen molar-refractivity contribution in [3.05, 3.63) is 0 Å². The topological polar surface area (TPSA) is 0 Å². The minimum atomic E-state index is 1.31. The molecule has 0 atom stereocenters.